The van der Waals surface area contributed by atoms with E-state index in [1.165, 1.54) is 13.2 Å². The first kappa shape index (κ1) is 22.1. The van der Waals surface area contributed by atoms with E-state index in [1.54, 1.807) is 33.1 Å². The predicted octanol–water partition coefficient (Wildman–Crippen LogP) is 3.69. The van der Waals surface area contributed by atoms with Gasteiger partial charge in [0.1, 0.15) is 17.2 Å². The third-order valence-electron chi connectivity index (χ3n) is 4.78. The molecule has 2 N–H and O–H groups in total. The minimum atomic E-state index is -0.454. The zero-order valence-corrected chi connectivity index (χ0v) is 17.6. The second-order valence-electron chi connectivity index (χ2n) is 6.60. The van der Waals surface area contributed by atoms with Gasteiger partial charge in [-0.1, -0.05) is 6.07 Å². The van der Waals surface area contributed by atoms with Gasteiger partial charge in [-0.05, 0) is 56.5 Å². The van der Waals surface area contributed by atoms with Gasteiger partial charge in [0.05, 0.1) is 38.5 Å². The smallest absolute Gasteiger partial charge is 0.310 e. The summed E-state index contributed by atoms with van der Waals surface area (Å²) in [6.07, 6.45) is 0.0385. The van der Waals surface area contributed by atoms with Crippen LogP contribution >= 0.6 is 0 Å². The molecule has 0 aromatic heterocycles. The molecule has 0 saturated carbocycles. The number of ether oxygens (including phenoxy) is 3. The number of methoxy groups -OCH3 is 2. The maximum Gasteiger partial charge on any atom is 0.310 e. The lowest BCUT2D eigenvalue weighted by atomic mass is 9.96. The van der Waals surface area contributed by atoms with E-state index in [2.05, 4.69) is 5.32 Å². The number of carbonyl (C=O) groups excluding carboxylic acids is 2. The van der Waals surface area contributed by atoms with Crippen molar-refractivity contribution in [1.29, 1.82) is 0 Å². The Balaban J connectivity index is 2.43. The number of esters is 1. The average molecular weight is 401 g/mol. The summed E-state index contributed by atoms with van der Waals surface area (Å²) in [6.45, 7) is 7.54. The van der Waals surface area contributed by atoms with Crippen LogP contribution in [0.15, 0.2) is 18.2 Å². The first-order valence-electron chi connectivity index (χ1n) is 9.25. The molecule has 7 heteroatoms. The van der Waals surface area contributed by atoms with Gasteiger partial charge >= 0.3 is 5.97 Å². The maximum absolute atomic E-state index is 13.1. The summed E-state index contributed by atoms with van der Waals surface area (Å²) in [5.41, 5.74) is 3.43. The largest absolute Gasteiger partial charge is 0.506 e. The molecule has 0 aliphatic rings. The van der Waals surface area contributed by atoms with Crippen LogP contribution in [0.5, 0.6) is 17.2 Å². The summed E-state index contributed by atoms with van der Waals surface area (Å²) in [6, 6.07) is 4.58. The molecule has 156 valence electrons. The van der Waals surface area contributed by atoms with Crippen molar-refractivity contribution in [1.82, 2.24) is 0 Å². The second-order valence-corrected chi connectivity index (χ2v) is 6.60. The Morgan fingerprint density at radius 3 is 2.21 bits per heavy atom. The van der Waals surface area contributed by atoms with Crippen LogP contribution in [0, 0.1) is 20.8 Å². The second kappa shape index (κ2) is 9.32. The Morgan fingerprint density at radius 2 is 1.62 bits per heavy atom. The number of hydrogen-bond acceptors (Lipinski definition) is 6. The van der Waals surface area contributed by atoms with Crippen LogP contribution in [0.4, 0.5) is 5.69 Å². The van der Waals surface area contributed by atoms with E-state index in [1.807, 2.05) is 13.8 Å². The molecule has 0 fully saturated rings. The quantitative estimate of drug-likeness (QED) is 0.543. The first-order chi connectivity index (χ1) is 13.7. The van der Waals surface area contributed by atoms with Gasteiger partial charge in [-0.2, -0.15) is 0 Å². The van der Waals surface area contributed by atoms with Crippen molar-refractivity contribution >= 4 is 17.6 Å². The molecular formula is C22H27NO6. The number of hydrogen-bond donors (Lipinski definition) is 2. The van der Waals surface area contributed by atoms with E-state index in [-0.39, 0.29) is 30.4 Å². The summed E-state index contributed by atoms with van der Waals surface area (Å²) >= 11 is 0. The van der Waals surface area contributed by atoms with Gasteiger partial charge in [-0.3, -0.25) is 9.59 Å². The number of benzene rings is 2. The zero-order chi connectivity index (χ0) is 21.7. The van der Waals surface area contributed by atoms with Crippen molar-refractivity contribution in [3.8, 4) is 17.2 Å². The van der Waals surface area contributed by atoms with E-state index in [9.17, 15) is 14.7 Å². The van der Waals surface area contributed by atoms with Crippen LogP contribution in [0.2, 0.25) is 0 Å². The number of rotatable bonds is 7. The van der Waals surface area contributed by atoms with Gasteiger partial charge < -0.3 is 24.6 Å². The van der Waals surface area contributed by atoms with E-state index >= 15 is 0 Å². The van der Waals surface area contributed by atoms with Crippen LogP contribution in [-0.4, -0.2) is 37.8 Å². The van der Waals surface area contributed by atoms with Crippen molar-refractivity contribution < 1.29 is 28.9 Å². The molecule has 0 aliphatic carbocycles. The highest BCUT2D eigenvalue weighted by atomic mass is 16.5. The van der Waals surface area contributed by atoms with Gasteiger partial charge in [-0.25, -0.2) is 0 Å². The van der Waals surface area contributed by atoms with Crippen LogP contribution in [0.3, 0.4) is 0 Å². The Bertz CT molecular complexity index is 936. The monoisotopic (exact) mass is 401 g/mol. The van der Waals surface area contributed by atoms with Crippen molar-refractivity contribution in [3.63, 3.8) is 0 Å². The van der Waals surface area contributed by atoms with Gasteiger partial charge in [0.25, 0.3) is 5.91 Å². The van der Waals surface area contributed by atoms with E-state index in [0.29, 0.717) is 28.2 Å². The number of carbonyl (C=O) groups is 2. The Labute approximate surface area is 170 Å². The summed E-state index contributed by atoms with van der Waals surface area (Å²) < 4.78 is 15.9. The fourth-order valence-corrected chi connectivity index (χ4v) is 3.28. The van der Waals surface area contributed by atoms with Crippen molar-refractivity contribution in [2.75, 3.05) is 26.1 Å². The number of amides is 1. The molecule has 0 unspecified atom stereocenters. The summed E-state index contributed by atoms with van der Waals surface area (Å²) in [4.78, 5) is 24.8. The van der Waals surface area contributed by atoms with Crippen molar-refractivity contribution in [2.24, 2.45) is 0 Å². The average Bonchev–Trinajstić information content (AvgIpc) is 2.67. The molecule has 0 heterocycles. The van der Waals surface area contributed by atoms with Gasteiger partial charge in [0.15, 0.2) is 0 Å². The molecule has 0 spiro atoms. The topological polar surface area (TPSA) is 94.1 Å². The minimum absolute atomic E-state index is 0.0385. The fourth-order valence-electron chi connectivity index (χ4n) is 3.28. The Morgan fingerprint density at radius 1 is 1.00 bits per heavy atom. The standard InChI is InChI=1S/C22H27NO6/c1-7-29-18(25)11-15-8-9-17(24)16(10-15)23-22(26)19-14(4)20(27-5)12(2)13(3)21(19)28-6/h8-10,24H,7,11H2,1-6H3,(H,23,26). The van der Waals surface area contributed by atoms with Gasteiger partial charge in [0, 0.05) is 5.56 Å². The highest BCUT2D eigenvalue weighted by Crippen LogP contribution is 2.38. The van der Waals surface area contributed by atoms with Crippen LogP contribution < -0.4 is 14.8 Å². The molecule has 7 nitrogen and oxygen atoms in total. The van der Waals surface area contributed by atoms with Crippen LogP contribution in [0.1, 0.15) is 39.5 Å². The lowest BCUT2D eigenvalue weighted by Gasteiger charge is -2.20. The number of anilines is 1. The maximum atomic E-state index is 13.1. The molecule has 0 radical (unpaired) electrons. The summed E-state index contributed by atoms with van der Waals surface area (Å²) in [5.74, 6) is 0.101. The van der Waals surface area contributed by atoms with Crippen LogP contribution in [0.25, 0.3) is 0 Å². The molecule has 2 rings (SSSR count). The van der Waals surface area contributed by atoms with E-state index < -0.39 is 5.91 Å². The molecule has 2 aromatic carbocycles. The fraction of sp³-hybridized carbons (Fsp3) is 0.364. The molecular weight excluding hydrogens is 374 g/mol. The molecule has 0 saturated heterocycles. The predicted molar refractivity (Wildman–Crippen MR) is 110 cm³/mol. The number of nitrogens with one attached hydrogen (secondary N) is 1. The number of phenols is 1. The first-order valence-corrected chi connectivity index (χ1v) is 9.25. The van der Waals surface area contributed by atoms with E-state index in [0.717, 1.165) is 11.1 Å². The third-order valence-corrected chi connectivity index (χ3v) is 4.78. The SMILES string of the molecule is CCOC(=O)Cc1ccc(O)c(NC(=O)c2c(C)c(OC)c(C)c(C)c2OC)c1. The summed E-state index contributed by atoms with van der Waals surface area (Å²) in [5, 5.41) is 12.9. The highest BCUT2D eigenvalue weighted by molar-refractivity contribution is 6.09. The molecule has 2 aromatic rings. The lowest BCUT2D eigenvalue weighted by molar-refractivity contribution is -0.142. The number of phenolic OH excluding ortho intramolecular Hbond substituents is 1. The normalized spacial score (nSPS) is 10.4. The molecule has 29 heavy (non-hydrogen) atoms. The molecule has 0 aliphatic heterocycles. The highest BCUT2D eigenvalue weighted by Gasteiger charge is 2.24. The minimum Gasteiger partial charge on any atom is -0.506 e. The van der Waals surface area contributed by atoms with Crippen LogP contribution in [-0.2, 0) is 16.0 Å². The molecule has 0 bridgehead atoms. The Hall–Kier alpha value is -3.22. The molecule has 0 atom stereocenters. The zero-order valence-electron chi connectivity index (χ0n) is 17.6. The van der Waals surface area contributed by atoms with Gasteiger partial charge in [0.2, 0.25) is 0 Å². The van der Waals surface area contributed by atoms with Gasteiger partial charge in [-0.15, -0.1) is 0 Å². The number of aromatic hydroxyl groups is 1. The summed E-state index contributed by atoms with van der Waals surface area (Å²) in [7, 11) is 3.05. The lowest BCUT2D eigenvalue weighted by Crippen LogP contribution is -2.17. The molecule has 1 amide bonds. The van der Waals surface area contributed by atoms with E-state index in [4.69, 9.17) is 14.2 Å². The Kier molecular flexibility index (Phi) is 7.09. The van der Waals surface area contributed by atoms with Crippen molar-refractivity contribution in [2.45, 2.75) is 34.1 Å². The van der Waals surface area contributed by atoms with Crippen molar-refractivity contribution in [3.05, 3.63) is 46.0 Å². The third kappa shape index (κ3) is 4.62.